The van der Waals surface area contributed by atoms with Crippen LogP contribution in [0.2, 0.25) is 0 Å². The van der Waals surface area contributed by atoms with E-state index >= 15 is 0 Å². The van der Waals surface area contributed by atoms with Crippen molar-refractivity contribution >= 4 is 59.8 Å². The molecule has 8 rings (SSSR count). The Morgan fingerprint density at radius 3 is 1.76 bits per heavy atom. The molecule has 0 fully saturated rings. The van der Waals surface area contributed by atoms with Gasteiger partial charge in [0.15, 0.2) is 0 Å². The molecule has 0 nitrogen and oxygen atoms in total. The average molecular weight is 489 g/mol. The molecule has 1 heterocycles. The van der Waals surface area contributed by atoms with E-state index in [1.54, 1.807) is 0 Å². The normalized spacial score (nSPS) is 13.1. The van der Waals surface area contributed by atoms with Crippen molar-refractivity contribution in [2.24, 2.45) is 0 Å². The predicted molar refractivity (Wildman–Crippen MR) is 163 cm³/mol. The molecule has 0 saturated heterocycles. The van der Waals surface area contributed by atoms with E-state index in [0.717, 1.165) is 12.8 Å². The van der Waals surface area contributed by atoms with Crippen LogP contribution in [0, 0.1) is 0 Å². The van der Waals surface area contributed by atoms with E-state index in [1.165, 1.54) is 75.1 Å². The molecule has 0 N–H and O–H groups in total. The van der Waals surface area contributed by atoms with Gasteiger partial charge in [0, 0.05) is 20.5 Å². The van der Waals surface area contributed by atoms with Crippen molar-refractivity contribution in [2.45, 2.75) is 12.8 Å². The van der Waals surface area contributed by atoms with Gasteiger partial charge in [-0.25, -0.2) is 0 Å². The first-order valence-electron chi connectivity index (χ1n) is 13.0. The topological polar surface area (TPSA) is 0 Å². The summed E-state index contributed by atoms with van der Waals surface area (Å²) in [6, 6.07) is 40.3. The van der Waals surface area contributed by atoms with Crippen LogP contribution in [0.15, 0.2) is 115 Å². The summed E-state index contributed by atoms with van der Waals surface area (Å²) in [6.07, 6.45) is 6.94. The Morgan fingerprint density at radius 1 is 0.486 bits per heavy atom. The molecular weight excluding hydrogens is 464 g/mol. The Kier molecular flexibility index (Phi) is 4.62. The number of thiophene rings is 1. The van der Waals surface area contributed by atoms with Gasteiger partial charge in [-0.1, -0.05) is 121 Å². The number of fused-ring (bicyclic) bond motifs is 6. The van der Waals surface area contributed by atoms with Crippen LogP contribution in [0.3, 0.4) is 0 Å². The second-order valence-corrected chi connectivity index (χ2v) is 11.0. The van der Waals surface area contributed by atoms with Gasteiger partial charge in [-0.05, 0) is 67.4 Å². The fraction of sp³-hybridized carbons (Fsp3) is 0.0556. The Bertz CT molecular complexity index is 1970. The van der Waals surface area contributed by atoms with Crippen molar-refractivity contribution in [3.63, 3.8) is 0 Å². The molecule has 0 radical (unpaired) electrons. The zero-order chi connectivity index (χ0) is 24.3. The highest BCUT2D eigenvalue weighted by Crippen LogP contribution is 2.48. The molecule has 1 heteroatoms. The first-order chi connectivity index (χ1) is 18.4. The number of hydrogen-bond donors (Lipinski definition) is 0. The Balaban J connectivity index is 1.55. The number of aryl methyl sites for hydroxylation is 1. The first kappa shape index (κ1) is 20.9. The van der Waals surface area contributed by atoms with Crippen LogP contribution in [-0.2, 0) is 6.42 Å². The number of rotatable bonds is 2. The van der Waals surface area contributed by atoms with Crippen molar-refractivity contribution in [3.8, 4) is 22.3 Å². The average Bonchev–Trinajstić information content (AvgIpc) is 3.35. The lowest BCUT2D eigenvalue weighted by atomic mass is 9.84. The van der Waals surface area contributed by atoms with E-state index in [-0.39, 0.29) is 0 Å². The minimum absolute atomic E-state index is 1.14. The van der Waals surface area contributed by atoms with Crippen LogP contribution >= 0.6 is 11.3 Å². The highest BCUT2D eigenvalue weighted by atomic mass is 32.1. The summed E-state index contributed by atoms with van der Waals surface area (Å²) < 4.78 is 1.41. The zero-order valence-corrected chi connectivity index (χ0v) is 21.2. The Hall–Kier alpha value is -4.20. The first-order valence-corrected chi connectivity index (χ1v) is 13.8. The minimum atomic E-state index is 1.14. The third-order valence-corrected chi connectivity index (χ3v) is 9.23. The maximum atomic E-state index is 2.33. The molecule has 0 atom stereocenters. The van der Waals surface area contributed by atoms with Crippen LogP contribution < -0.4 is 0 Å². The molecule has 7 aromatic rings. The molecule has 1 aromatic heterocycles. The van der Waals surface area contributed by atoms with Gasteiger partial charge in [0.2, 0.25) is 0 Å². The van der Waals surface area contributed by atoms with Gasteiger partial charge in [0.25, 0.3) is 0 Å². The van der Waals surface area contributed by atoms with Crippen LogP contribution in [0.4, 0.5) is 0 Å². The van der Waals surface area contributed by atoms with Crippen molar-refractivity contribution in [1.82, 2.24) is 0 Å². The van der Waals surface area contributed by atoms with E-state index in [9.17, 15) is 0 Å². The monoisotopic (exact) mass is 488 g/mol. The van der Waals surface area contributed by atoms with Crippen molar-refractivity contribution in [2.75, 3.05) is 0 Å². The number of allylic oxidation sites excluding steroid dienone is 1. The van der Waals surface area contributed by atoms with E-state index < -0.39 is 0 Å². The lowest BCUT2D eigenvalue weighted by Crippen LogP contribution is -1.91. The highest BCUT2D eigenvalue weighted by Gasteiger charge is 2.21. The summed E-state index contributed by atoms with van der Waals surface area (Å²) >= 11 is 1.99. The molecule has 1 aliphatic rings. The summed E-state index contributed by atoms with van der Waals surface area (Å²) in [4.78, 5) is 1.52. The van der Waals surface area contributed by atoms with E-state index in [0.29, 0.717) is 0 Å². The smallest absolute Gasteiger partial charge is 0.0430 e. The van der Waals surface area contributed by atoms with Crippen LogP contribution in [0.5, 0.6) is 0 Å². The summed E-state index contributed by atoms with van der Waals surface area (Å²) in [5, 5.41) is 9.22. The van der Waals surface area contributed by atoms with Crippen molar-refractivity contribution < 1.29 is 0 Å². The lowest BCUT2D eigenvalue weighted by molar-refractivity contribution is 1.02. The highest BCUT2D eigenvalue weighted by molar-refractivity contribution is 7.20. The van der Waals surface area contributed by atoms with Crippen LogP contribution in [0.1, 0.15) is 16.9 Å². The summed E-state index contributed by atoms with van der Waals surface area (Å²) in [5.41, 5.74) is 6.75. The van der Waals surface area contributed by atoms with Crippen molar-refractivity contribution in [3.05, 3.63) is 126 Å². The van der Waals surface area contributed by atoms with Crippen LogP contribution in [0.25, 0.3) is 70.7 Å². The summed E-state index contributed by atoms with van der Waals surface area (Å²) in [6.45, 7) is 0. The van der Waals surface area contributed by atoms with Gasteiger partial charge in [0.1, 0.15) is 0 Å². The maximum absolute atomic E-state index is 2.33. The SMILES string of the molecule is C1=Cc2c(sc3c(-c4c5ccccc5c(-c5cccc6ccccc56)c5ccccc45)cccc23)CC1. The Morgan fingerprint density at radius 2 is 1.03 bits per heavy atom. The molecule has 6 aromatic carbocycles. The van der Waals surface area contributed by atoms with Gasteiger partial charge >= 0.3 is 0 Å². The fourth-order valence-electron chi connectivity index (χ4n) is 6.32. The third-order valence-electron chi connectivity index (χ3n) is 7.91. The van der Waals surface area contributed by atoms with E-state index in [2.05, 4.69) is 121 Å². The molecule has 37 heavy (non-hydrogen) atoms. The van der Waals surface area contributed by atoms with Gasteiger partial charge < -0.3 is 0 Å². The van der Waals surface area contributed by atoms with Gasteiger partial charge in [0.05, 0.1) is 0 Å². The quantitative estimate of drug-likeness (QED) is 0.212. The second-order valence-electron chi connectivity index (χ2n) is 9.93. The van der Waals surface area contributed by atoms with E-state index in [4.69, 9.17) is 0 Å². The number of hydrogen-bond acceptors (Lipinski definition) is 1. The molecule has 0 bridgehead atoms. The van der Waals surface area contributed by atoms with Gasteiger partial charge in [-0.2, -0.15) is 0 Å². The maximum Gasteiger partial charge on any atom is 0.0430 e. The fourth-order valence-corrected chi connectivity index (χ4v) is 7.64. The number of benzene rings is 6. The minimum Gasteiger partial charge on any atom is -0.139 e. The van der Waals surface area contributed by atoms with Crippen molar-refractivity contribution in [1.29, 1.82) is 0 Å². The molecular formula is C36H24S. The van der Waals surface area contributed by atoms with E-state index in [1.807, 2.05) is 11.3 Å². The molecule has 174 valence electrons. The largest absolute Gasteiger partial charge is 0.139 e. The van der Waals surface area contributed by atoms with Crippen LogP contribution in [-0.4, -0.2) is 0 Å². The lowest BCUT2D eigenvalue weighted by Gasteiger charge is -2.19. The molecule has 0 unspecified atom stereocenters. The zero-order valence-electron chi connectivity index (χ0n) is 20.4. The molecule has 0 saturated carbocycles. The predicted octanol–water partition coefficient (Wildman–Crippen LogP) is 10.7. The third kappa shape index (κ3) is 3.08. The molecule has 0 amide bonds. The summed E-state index contributed by atoms with van der Waals surface area (Å²) in [7, 11) is 0. The van der Waals surface area contributed by atoms with Gasteiger partial charge in [-0.3, -0.25) is 0 Å². The molecule has 0 aliphatic heterocycles. The van der Waals surface area contributed by atoms with Gasteiger partial charge in [-0.15, -0.1) is 11.3 Å². The molecule has 1 aliphatic carbocycles. The Labute approximate surface area is 220 Å². The second kappa shape index (κ2) is 8.16. The standard InChI is InChI=1S/C36H24S/c1-2-13-24-23(11-1)12-9-19-26(24)34-27-15-3-5-17-29(27)35(30-18-6-4-16-28(30)34)32-21-10-20-31-25-14-7-8-22-33(25)37-36(31)32/h1-7,9-21H,8,22H2. The summed E-state index contributed by atoms with van der Waals surface area (Å²) in [5.74, 6) is 0. The molecule has 0 spiro atoms.